The first-order chi connectivity index (χ1) is 13.8. The van der Waals surface area contributed by atoms with Crippen molar-refractivity contribution < 1.29 is 14.3 Å². The van der Waals surface area contributed by atoms with E-state index in [2.05, 4.69) is 41.7 Å². The highest BCUT2D eigenvalue weighted by atomic mass is 16.5. The first-order valence-corrected chi connectivity index (χ1v) is 10.4. The van der Waals surface area contributed by atoms with Crippen LogP contribution in [0.15, 0.2) is 23.2 Å². The van der Waals surface area contributed by atoms with Crippen LogP contribution in [0.5, 0.6) is 11.5 Å². The Morgan fingerprint density at radius 2 is 1.76 bits per heavy atom. The van der Waals surface area contributed by atoms with Crippen molar-refractivity contribution in [1.29, 1.82) is 0 Å². The third-order valence-electron chi connectivity index (χ3n) is 4.51. The van der Waals surface area contributed by atoms with Crippen molar-refractivity contribution >= 4 is 11.9 Å². The third kappa shape index (κ3) is 7.83. The van der Waals surface area contributed by atoms with E-state index in [4.69, 9.17) is 9.47 Å². The molecule has 29 heavy (non-hydrogen) atoms. The van der Waals surface area contributed by atoms with Gasteiger partial charge in [-0.15, -0.1) is 0 Å². The minimum Gasteiger partial charge on any atom is -0.490 e. The van der Waals surface area contributed by atoms with Crippen molar-refractivity contribution in [1.82, 2.24) is 16.0 Å². The first-order valence-electron chi connectivity index (χ1n) is 10.4. The topological polar surface area (TPSA) is 84.0 Å². The molecule has 0 aliphatic rings. The fourth-order valence-electron chi connectivity index (χ4n) is 2.66. The second-order valence-corrected chi connectivity index (χ2v) is 7.66. The summed E-state index contributed by atoms with van der Waals surface area (Å²) in [5.74, 6) is 2.15. The number of benzene rings is 1. The van der Waals surface area contributed by atoms with Crippen LogP contribution in [0, 0.1) is 5.41 Å². The van der Waals surface area contributed by atoms with E-state index in [9.17, 15) is 4.79 Å². The molecule has 0 bridgehead atoms. The van der Waals surface area contributed by atoms with Gasteiger partial charge in [-0.3, -0.25) is 9.79 Å². The van der Waals surface area contributed by atoms with E-state index >= 15 is 0 Å². The molecule has 0 aromatic heterocycles. The van der Waals surface area contributed by atoms with E-state index < -0.39 is 5.41 Å². The fourth-order valence-corrected chi connectivity index (χ4v) is 2.66. The summed E-state index contributed by atoms with van der Waals surface area (Å²) in [5, 5.41) is 9.30. The van der Waals surface area contributed by atoms with Gasteiger partial charge in [0.1, 0.15) is 0 Å². The Kier molecular flexibility index (Phi) is 10.3. The molecule has 0 aliphatic heterocycles. The molecule has 0 fully saturated rings. The third-order valence-corrected chi connectivity index (χ3v) is 4.51. The van der Waals surface area contributed by atoms with Crippen LogP contribution in [0.1, 0.15) is 59.1 Å². The summed E-state index contributed by atoms with van der Waals surface area (Å²) in [6.07, 6.45) is 1.88. The summed E-state index contributed by atoms with van der Waals surface area (Å²) >= 11 is 0. The highest BCUT2D eigenvalue weighted by Gasteiger charge is 2.26. The Labute approximate surface area is 175 Å². The van der Waals surface area contributed by atoms with Gasteiger partial charge in [0.25, 0.3) is 0 Å². The van der Waals surface area contributed by atoms with Crippen molar-refractivity contribution in [3.63, 3.8) is 0 Å². The average Bonchev–Trinajstić information content (AvgIpc) is 2.72. The van der Waals surface area contributed by atoms with Gasteiger partial charge in [0.15, 0.2) is 17.5 Å². The summed E-state index contributed by atoms with van der Waals surface area (Å²) < 4.78 is 11.7. The van der Waals surface area contributed by atoms with Crippen molar-refractivity contribution in [2.45, 2.75) is 53.5 Å². The molecule has 1 unspecified atom stereocenters. The van der Waals surface area contributed by atoms with E-state index in [-0.39, 0.29) is 11.9 Å². The number of carbonyl (C=O) groups excluding carboxylic acids is 1. The number of amides is 1. The number of rotatable bonds is 11. The van der Waals surface area contributed by atoms with Crippen LogP contribution in [0.4, 0.5) is 0 Å². The van der Waals surface area contributed by atoms with Gasteiger partial charge in [-0.25, -0.2) is 0 Å². The molecular weight excluding hydrogens is 368 g/mol. The normalized spacial score (nSPS) is 12.9. The lowest BCUT2D eigenvalue weighted by atomic mass is 9.92. The number of ether oxygens (including phenoxy) is 2. The van der Waals surface area contributed by atoms with Gasteiger partial charge < -0.3 is 25.4 Å². The molecule has 1 aromatic rings. The fraction of sp³-hybridized carbons (Fsp3) is 0.636. The lowest BCUT2D eigenvalue weighted by Gasteiger charge is -2.25. The molecule has 0 saturated carbocycles. The quantitative estimate of drug-likeness (QED) is 0.388. The van der Waals surface area contributed by atoms with Crippen LogP contribution in [0.3, 0.4) is 0 Å². The molecule has 0 radical (unpaired) electrons. The standard InChI is InChI=1S/C22H38N4O3/c1-8-12-28-18-11-10-17(14-19(18)29-13-9-2)16(3)26-21(24-7)25-15-22(4,5)20(27)23-6/h10-11,14,16H,8-9,12-13,15H2,1-7H3,(H,23,27)(H2,24,25,26). The first kappa shape index (κ1) is 24.6. The SMILES string of the molecule is CCCOc1ccc(C(C)NC(=NC)NCC(C)(C)C(=O)NC)cc1OCCC. The maximum Gasteiger partial charge on any atom is 0.227 e. The van der Waals surface area contributed by atoms with E-state index in [0.717, 1.165) is 29.9 Å². The zero-order chi connectivity index (χ0) is 21.9. The van der Waals surface area contributed by atoms with Gasteiger partial charge in [0.05, 0.1) is 24.7 Å². The Morgan fingerprint density at radius 3 is 2.31 bits per heavy atom. The van der Waals surface area contributed by atoms with E-state index in [1.165, 1.54) is 0 Å². The molecule has 7 nitrogen and oxygen atoms in total. The Morgan fingerprint density at radius 1 is 1.14 bits per heavy atom. The second-order valence-electron chi connectivity index (χ2n) is 7.66. The molecule has 1 atom stereocenters. The number of nitrogens with zero attached hydrogens (tertiary/aromatic N) is 1. The van der Waals surface area contributed by atoms with Crippen LogP contribution in [0.2, 0.25) is 0 Å². The molecule has 1 rings (SSSR count). The van der Waals surface area contributed by atoms with Gasteiger partial charge >= 0.3 is 0 Å². The molecule has 1 amide bonds. The zero-order valence-corrected chi connectivity index (χ0v) is 19.0. The van der Waals surface area contributed by atoms with Crippen LogP contribution in [-0.4, -0.2) is 45.7 Å². The van der Waals surface area contributed by atoms with E-state index in [0.29, 0.717) is 25.7 Å². The number of aliphatic imine (C=N–C) groups is 1. The number of guanidine groups is 1. The average molecular weight is 407 g/mol. The van der Waals surface area contributed by atoms with Gasteiger partial charge in [-0.2, -0.15) is 0 Å². The van der Waals surface area contributed by atoms with Gasteiger partial charge in [0, 0.05) is 20.6 Å². The monoisotopic (exact) mass is 406 g/mol. The van der Waals surface area contributed by atoms with Crippen molar-refractivity contribution in [3.8, 4) is 11.5 Å². The second kappa shape index (κ2) is 12.2. The molecule has 0 aliphatic carbocycles. The molecular formula is C22H38N4O3. The molecule has 0 spiro atoms. The van der Waals surface area contributed by atoms with Crippen LogP contribution < -0.4 is 25.4 Å². The highest BCUT2D eigenvalue weighted by Crippen LogP contribution is 2.31. The number of nitrogens with one attached hydrogen (secondary N) is 3. The number of hydrogen-bond acceptors (Lipinski definition) is 4. The minimum absolute atomic E-state index is 0.00600. The maximum atomic E-state index is 12.0. The number of hydrogen-bond donors (Lipinski definition) is 3. The van der Waals surface area contributed by atoms with Crippen molar-refractivity contribution in [2.75, 3.05) is 33.9 Å². The Hall–Kier alpha value is -2.44. The van der Waals surface area contributed by atoms with Crippen molar-refractivity contribution in [2.24, 2.45) is 10.4 Å². The molecule has 0 heterocycles. The van der Waals surface area contributed by atoms with Gasteiger partial charge in [-0.05, 0) is 51.3 Å². The summed E-state index contributed by atoms with van der Waals surface area (Å²) in [4.78, 5) is 16.3. The van der Waals surface area contributed by atoms with E-state index in [1.54, 1.807) is 14.1 Å². The lowest BCUT2D eigenvalue weighted by Crippen LogP contribution is -2.47. The lowest BCUT2D eigenvalue weighted by molar-refractivity contribution is -0.128. The van der Waals surface area contributed by atoms with Gasteiger partial charge in [-0.1, -0.05) is 19.9 Å². The molecule has 1 aromatic carbocycles. The van der Waals surface area contributed by atoms with Crippen LogP contribution in [-0.2, 0) is 4.79 Å². The van der Waals surface area contributed by atoms with Crippen molar-refractivity contribution in [3.05, 3.63) is 23.8 Å². The minimum atomic E-state index is -0.547. The predicted octanol–water partition coefficient (Wildman–Crippen LogP) is 3.26. The van der Waals surface area contributed by atoms with Crippen LogP contribution in [0.25, 0.3) is 0 Å². The highest BCUT2D eigenvalue weighted by molar-refractivity contribution is 5.84. The molecule has 0 saturated heterocycles. The maximum absolute atomic E-state index is 12.0. The Bertz CT molecular complexity index is 674. The van der Waals surface area contributed by atoms with E-state index in [1.807, 2.05) is 32.0 Å². The largest absolute Gasteiger partial charge is 0.490 e. The molecule has 7 heteroatoms. The number of carbonyl (C=O) groups is 1. The summed E-state index contributed by atoms with van der Waals surface area (Å²) in [7, 11) is 3.36. The summed E-state index contributed by atoms with van der Waals surface area (Å²) in [5.41, 5.74) is 0.517. The predicted molar refractivity (Wildman–Crippen MR) is 119 cm³/mol. The van der Waals surface area contributed by atoms with Gasteiger partial charge in [0.2, 0.25) is 5.91 Å². The summed E-state index contributed by atoms with van der Waals surface area (Å²) in [6.45, 7) is 11.8. The Balaban J connectivity index is 2.85. The van der Waals surface area contributed by atoms with Crippen LogP contribution >= 0.6 is 0 Å². The summed E-state index contributed by atoms with van der Waals surface area (Å²) in [6, 6.07) is 6.00. The molecule has 164 valence electrons. The zero-order valence-electron chi connectivity index (χ0n) is 19.0. The molecule has 3 N–H and O–H groups in total. The smallest absolute Gasteiger partial charge is 0.227 e.